The molecule has 0 unspecified atom stereocenters. The van der Waals surface area contributed by atoms with Crippen LogP contribution in [-0.2, 0) is 13.1 Å². The van der Waals surface area contributed by atoms with Gasteiger partial charge in [-0.1, -0.05) is 24.3 Å². The van der Waals surface area contributed by atoms with Crippen molar-refractivity contribution in [1.82, 2.24) is 15.6 Å². The molecule has 1 aromatic heterocycles. The van der Waals surface area contributed by atoms with E-state index >= 15 is 0 Å². The molecule has 1 heterocycles. The molecule has 3 rings (SSSR count). The van der Waals surface area contributed by atoms with Gasteiger partial charge >= 0.3 is 0 Å². The average Bonchev–Trinajstić information content (AvgIpc) is 2.75. The third-order valence-electron chi connectivity index (χ3n) is 4.12. The molecule has 0 amide bonds. The molecule has 0 saturated carbocycles. The predicted molar refractivity (Wildman–Crippen MR) is 126 cm³/mol. The third kappa shape index (κ3) is 6.87. The maximum atomic E-state index is 13.4. The summed E-state index contributed by atoms with van der Waals surface area (Å²) in [5.41, 5.74) is 1.89. The minimum Gasteiger partial charge on any atom is -0.497 e. The lowest BCUT2D eigenvalue weighted by Crippen LogP contribution is -2.36. The summed E-state index contributed by atoms with van der Waals surface area (Å²) < 4.78 is 24.4. The zero-order valence-electron chi connectivity index (χ0n) is 16.8. The molecule has 0 aliphatic carbocycles. The molecule has 3 aromatic rings. The van der Waals surface area contributed by atoms with Crippen LogP contribution in [-0.4, -0.2) is 25.1 Å². The normalized spacial score (nSPS) is 10.7. The van der Waals surface area contributed by atoms with Gasteiger partial charge in [-0.3, -0.25) is 4.99 Å². The maximum Gasteiger partial charge on any atom is 0.224 e. The second kappa shape index (κ2) is 12.0. The fourth-order valence-electron chi connectivity index (χ4n) is 2.66. The number of aliphatic imine (C=N–C) groups is 1. The Morgan fingerprint density at radius 2 is 1.77 bits per heavy atom. The number of methoxy groups -OCH3 is 1. The van der Waals surface area contributed by atoms with E-state index in [2.05, 4.69) is 20.6 Å². The van der Waals surface area contributed by atoms with E-state index in [0.717, 1.165) is 16.9 Å². The van der Waals surface area contributed by atoms with Crippen LogP contribution in [0.15, 0.2) is 71.9 Å². The van der Waals surface area contributed by atoms with Crippen molar-refractivity contribution in [3.05, 3.63) is 83.8 Å². The number of hydrogen-bond donors (Lipinski definition) is 2. The number of nitrogens with one attached hydrogen (secondary N) is 2. The Labute approximate surface area is 192 Å². The molecule has 0 fully saturated rings. The van der Waals surface area contributed by atoms with Crippen molar-refractivity contribution in [2.45, 2.75) is 13.1 Å². The molecular weight excluding hydrogens is 498 g/mol. The zero-order valence-corrected chi connectivity index (χ0v) is 19.1. The van der Waals surface area contributed by atoms with E-state index < -0.39 is 0 Å². The fourth-order valence-corrected chi connectivity index (χ4v) is 2.66. The van der Waals surface area contributed by atoms with Crippen molar-refractivity contribution in [2.24, 2.45) is 4.99 Å². The van der Waals surface area contributed by atoms with Gasteiger partial charge in [0.1, 0.15) is 17.3 Å². The number of halogens is 2. The fraction of sp³-hybridized carbons (Fsp3) is 0.182. The van der Waals surface area contributed by atoms with Crippen molar-refractivity contribution in [3.8, 4) is 17.4 Å². The van der Waals surface area contributed by atoms with Crippen LogP contribution in [0.5, 0.6) is 17.4 Å². The van der Waals surface area contributed by atoms with Gasteiger partial charge in [0.05, 0.1) is 7.11 Å². The molecule has 0 radical (unpaired) electrons. The molecule has 0 bridgehead atoms. The number of aromatic nitrogens is 1. The largest absolute Gasteiger partial charge is 0.497 e. The molecule has 0 aliphatic rings. The second-order valence-electron chi connectivity index (χ2n) is 6.16. The molecule has 8 heteroatoms. The topological polar surface area (TPSA) is 67.8 Å². The van der Waals surface area contributed by atoms with E-state index in [1.54, 1.807) is 32.5 Å². The standard InChI is InChI=1S/C22H23FN4O2.HI/c1-24-22(26-14-16-6-3-9-19(12-16)28-2)27-15-17-7-5-11-25-21(17)29-20-10-4-8-18(23)13-20;/h3-13H,14-15H2,1-2H3,(H2,24,26,27);1H. The molecule has 6 nitrogen and oxygen atoms in total. The van der Waals surface area contributed by atoms with Gasteiger partial charge in [-0.15, -0.1) is 24.0 Å². The van der Waals surface area contributed by atoms with Gasteiger partial charge in [0, 0.05) is 38.0 Å². The quantitative estimate of drug-likeness (QED) is 0.272. The molecule has 0 spiro atoms. The number of nitrogens with zero attached hydrogens (tertiary/aromatic N) is 2. The first-order valence-corrected chi connectivity index (χ1v) is 9.12. The molecule has 0 saturated heterocycles. The first-order chi connectivity index (χ1) is 14.2. The molecule has 2 aromatic carbocycles. The van der Waals surface area contributed by atoms with Crippen molar-refractivity contribution in [1.29, 1.82) is 0 Å². The SMILES string of the molecule is CN=C(NCc1cccc(OC)c1)NCc1cccnc1Oc1cccc(F)c1.I. The zero-order chi connectivity index (χ0) is 20.5. The number of benzene rings is 2. The van der Waals surface area contributed by atoms with Crippen LogP contribution in [0.4, 0.5) is 4.39 Å². The van der Waals surface area contributed by atoms with Crippen molar-refractivity contribution < 1.29 is 13.9 Å². The number of guanidine groups is 1. The lowest BCUT2D eigenvalue weighted by Gasteiger charge is -2.14. The van der Waals surface area contributed by atoms with Gasteiger partial charge in [-0.2, -0.15) is 0 Å². The van der Waals surface area contributed by atoms with Crippen molar-refractivity contribution >= 4 is 29.9 Å². The van der Waals surface area contributed by atoms with Gasteiger partial charge < -0.3 is 20.1 Å². The average molecular weight is 522 g/mol. The van der Waals surface area contributed by atoms with Crippen LogP contribution < -0.4 is 20.1 Å². The third-order valence-corrected chi connectivity index (χ3v) is 4.12. The summed E-state index contributed by atoms with van der Waals surface area (Å²) in [7, 11) is 3.35. The Morgan fingerprint density at radius 1 is 1.00 bits per heavy atom. The minimum absolute atomic E-state index is 0. The second-order valence-corrected chi connectivity index (χ2v) is 6.16. The molecule has 0 aliphatic heterocycles. The number of rotatable bonds is 7. The Hall–Kier alpha value is -2.88. The Morgan fingerprint density at radius 3 is 2.53 bits per heavy atom. The summed E-state index contributed by atoms with van der Waals surface area (Å²) in [5.74, 6) is 1.88. The van der Waals surface area contributed by atoms with Gasteiger partial charge in [0.15, 0.2) is 5.96 Å². The van der Waals surface area contributed by atoms with Crippen LogP contribution in [0.3, 0.4) is 0 Å². The monoisotopic (exact) mass is 522 g/mol. The highest BCUT2D eigenvalue weighted by molar-refractivity contribution is 14.0. The molecule has 158 valence electrons. The first kappa shape index (κ1) is 23.4. The van der Waals surface area contributed by atoms with Crippen LogP contribution in [0.2, 0.25) is 0 Å². The lowest BCUT2D eigenvalue weighted by molar-refractivity contribution is 0.414. The van der Waals surface area contributed by atoms with Crippen LogP contribution in [0.1, 0.15) is 11.1 Å². The summed E-state index contributed by atoms with van der Waals surface area (Å²) in [4.78, 5) is 8.50. The molecular formula is C22H24FIN4O2. The summed E-state index contributed by atoms with van der Waals surface area (Å²) in [6.45, 7) is 1.03. The Bertz CT molecular complexity index is 985. The number of ether oxygens (including phenoxy) is 2. The van der Waals surface area contributed by atoms with E-state index in [0.29, 0.717) is 30.7 Å². The molecule has 30 heavy (non-hydrogen) atoms. The molecule has 0 atom stereocenters. The maximum absolute atomic E-state index is 13.4. The van der Waals surface area contributed by atoms with E-state index in [-0.39, 0.29) is 29.8 Å². The van der Waals surface area contributed by atoms with Crippen LogP contribution >= 0.6 is 24.0 Å². The van der Waals surface area contributed by atoms with Crippen molar-refractivity contribution in [3.63, 3.8) is 0 Å². The Balaban J connectivity index is 0.00000320. The van der Waals surface area contributed by atoms with E-state index in [4.69, 9.17) is 9.47 Å². The summed E-state index contributed by atoms with van der Waals surface area (Å²) in [6.07, 6.45) is 1.63. The highest BCUT2D eigenvalue weighted by Crippen LogP contribution is 2.23. The highest BCUT2D eigenvalue weighted by Gasteiger charge is 2.08. The van der Waals surface area contributed by atoms with E-state index in [9.17, 15) is 4.39 Å². The van der Waals surface area contributed by atoms with Gasteiger partial charge in [-0.05, 0) is 35.9 Å². The van der Waals surface area contributed by atoms with Crippen LogP contribution in [0, 0.1) is 5.82 Å². The van der Waals surface area contributed by atoms with Gasteiger partial charge in [0.25, 0.3) is 0 Å². The summed E-state index contributed by atoms with van der Waals surface area (Å²) >= 11 is 0. The van der Waals surface area contributed by atoms with E-state index in [1.807, 2.05) is 36.4 Å². The minimum atomic E-state index is -0.361. The Kier molecular flexibility index (Phi) is 9.33. The van der Waals surface area contributed by atoms with Crippen LogP contribution in [0.25, 0.3) is 0 Å². The van der Waals surface area contributed by atoms with E-state index in [1.165, 1.54) is 12.1 Å². The highest BCUT2D eigenvalue weighted by atomic mass is 127. The van der Waals surface area contributed by atoms with Gasteiger partial charge in [-0.25, -0.2) is 9.37 Å². The number of hydrogen-bond acceptors (Lipinski definition) is 4. The summed E-state index contributed by atoms with van der Waals surface area (Å²) in [5, 5.41) is 6.49. The summed E-state index contributed by atoms with van der Waals surface area (Å²) in [6, 6.07) is 17.5. The molecule has 2 N–H and O–H groups in total. The first-order valence-electron chi connectivity index (χ1n) is 9.12. The smallest absolute Gasteiger partial charge is 0.224 e. The van der Waals surface area contributed by atoms with Crippen molar-refractivity contribution in [2.75, 3.05) is 14.2 Å². The lowest BCUT2D eigenvalue weighted by atomic mass is 10.2. The van der Waals surface area contributed by atoms with Gasteiger partial charge in [0.2, 0.25) is 5.88 Å². The number of pyridine rings is 1. The predicted octanol–water partition coefficient (Wildman–Crippen LogP) is 4.50.